The number of hydrogen-bond donors (Lipinski definition) is 1. The second kappa shape index (κ2) is 6.26. The molecule has 3 rings (SSSR count). The molecule has 0 aliphatic rings. The predicted octanol–water partition coefficient (Wildman–Crippen LogP) is 4.27. The molecule has 0 aliphatic carbocycles. The fraction of sp³-hybridized carbons (Fsp3) is 0.111. The van der Waals surface area contributed by atoms with Gasteiger partial charge in [-0.15, -0.1) is 11.6 Å². The second-order valence-corrected chi connectivity index (χ2v) is 5.45. The van der Waals surface area contributed by atoms with Gasteiger partial charge in [0.25, 0.3) is 0 Å². The number of fused-ring (bicyclic) bond motifs is 1. The highest BCUT2D eigenvalue weighted by Crippen LogP contribution is 2.28. The van der Waals surface area contributed by atoms with Crippen molar-refractivity contribution in [3.8, 4) is 0 Å². The number of hydrogen-bond acceptors (Lipinski definition) is 4. The Morgan fingerprint density at radius 3 is 2.52 bits per heavy atom. The second-order valence-electron chi connectivity index (χ2n) is 5.18. The van der Waals surface area contributed by atoms with Crippen LogP contribution in [0, 0.1) is 6.92 Å². The van der Waals surface area contributed by atoms with E-state index in [1.54, 1.807) is 18.2 Å². The van der Waals surface area contributed by atoms with Crippen molar-refractivity contribution in [2.24, 2.45) is 0 Å². The number of carbonyl (C=O) groups is 1. The zero-order valence-electron chi connectivity index (χ0n) is 12.4. The van der Waals surface area contributed by atoms with Crippen LogP contribution >= 0.6 is 11.6 Å². The summed E-state index contributed by atoms with van der Waals surface area (Å²) in [6.45, 7) is 1.98. The van der Waals surface area contributed by atoms with E-state index in [1.807, 2.05) is 37.3 Å². The molecule has 1 N–H and O–H groups in total. The van der Waals surface area contributed by atoms with Crippen LogP contribution in [0.1, 0.15) is 15.9 Å². The van der Waals surface area contributed by atoms with Gasteiger partial charge in [0.05, 0.1) is 11.6 Å². The first-order valence-corrected chi connectivity index (χ1v) is 7.62. The van der Waals surface area contributed by atoms with Crippen LogP contribution in [0.25, 0.3) is 11.0 Å². The normalized spacial score (nSPS) is 10.7. The van der Waals surface area contributed by atoms with Crippen LogP contribution in [-0.4, -0.2) is 11.7 Å². The molecule has 0 unspecified atom stereocenters. The summed E-state index contributed by atoms with van der Waals surface area (Å²) < 4.78 is 5.24. The van der Waals surface area contributed by atoms with Gasteiger partial charge in [-0.2, -0.15) is 0 Å². The molecule has 1 heterocycles. The summed E-state index contributed by atoms with van der Waals surface area (Å²) in [5.41, 5.74) is 1.98. The Hall–Kier alpha value is -2.59. The van der Waals surface area contributed by atoms with E-state index < -0.39 is 11.4 Å². The van der Waals surface area contributed by atoms with Gasteiger partial charge in [0.1, 0.15) is 11.1 Å². The molecule has 0 radical (unpaired) electrons. The molecule has 4 nitrogen and oxygen atoms in total. The third-order valence-electron chi connectivity index (χ3n) is 3.53. The number of halogens is 1. The van der Waals surface area contributed by atoms with Crippen molar-refractivity contribution in [1.29, 1.82) is 0 Å². The van der Waals surface area contributed by atoms with E-state index in [2.05, 4.69) is 5.32 Å². The Balaban J connectivity index is 2.24. The average molecular weight is 328 g/mol. The molecule has 0 saturated heterocycles. The minimum Gasteiger partial charge on any atom is -0.422 e. The van der Waals surface area contributed by atoms with Crippen LogP contribution in [-0.2, 0) is 0 Å². The molecule has 1 aromatic heterocycles. The van der Waals surface area contributed by atoms with Crippen molar-refractivity contribution >= 4 is 39.7 Å². The molecule has 0 fully saturated rings. The predicted molar refractivity (Wildman–Crippen MR) is 92.0 cm³/mol. The maximum Gasteiger partial charge on any atom is 0.349 e. The number of para-hydroxylation sites is 1. The molecular weight excluding hydrogens is 314 g/mol. The summed E-state index contributed by atoms with van der Waals surface area (Å²) in [4.78, 5) is 24.3. The van der Waals surface area contributed by atoms with E-state index >= 15 is 0 Å². The largest absolute Gasteiger partial charge is 0.422 e. The molecule has 2 aromatic carbocycles. The first kappa shape index (κ1) is 15.3. The number of alkyl halides is 1. The minimum atomic E-state index is -0.691. The van der Waals surface area contributed by atoms with E-state index in [-0.39, 0.29) is 11.4 Å². The number of carbonyl (C=O) groups excluding carboxylic acids is 1. The van der Waals surface area contributed by atoms with Gasteiger partial charge in [-0.25, -0.2) is 4.79 Å². The molecule has 3 aromatic rings. The SMILES string of the molecule is Cc1ccc(Nc2c(C(=O)CCl)c(=O)oc3ccccc23)cc1. The molecule has 0 saturated carbocycles. The Morgan fingerprint density at radius 1 is 1.13 bits per heavy atom. The maximum atomic E-state index is 12.2. The third kappa shape index (κ3) is 2.98. The lowest BCUT2D eigenvalue weighted by atomic mass is 10.1. The Labute approximate surface area is 137 Å². The summed E-state index contributed by atoms with van der Waals surface area (Å²) in [6, 6.07) is 14.7. The highest BCUT2D eigenvalue weighted by atomic mass is 35.5. The number of anilines is 2. The summed E-state index contributed by atoms with van der Waals surface area (Å²) >= 11 is 5.65. The Kier molecular flexibility index (Phi) is 4.17. The molecule has 0 spiro atoms. The van der Waals surface area contributed by atoms with Gasteiger partial charge in [-0.3, -0.25) is 4.79 Å². The molecule has 23 heavy (non-hydrogen) atoms. The lowest BCUT2D eigenvalue weighted by Crippen LogP contribution is -2.18. The summed E-state index contributed by atoms with van der Waals surface area (Å²) in [5.74, 6) is -0.758. The topological polar surface area (TPSA) is 59.3 Å². The fourth-order valence-electron chi connectivity index (χ4n) is 2.38. The van der Waals surface area contributed by atoms with Gasteiger partial charge >= 0.3 is 5.63 Å². The van der Waals surface area contributed by atoms with Crippen molar-refractivity contribution in [3.05, 3.63) is 70.1 Å². The minimum absolute atomic E-state index is 0.0562. The highest BCUT2D eigenvalue weighted by molar-refractivity contribution is 6.31. The summed E-state index contributed by atoms with van der Waals surface area (Å²) in [7, 11) is 0. The smallest absolute Gasteiger partial charge is 0.349 e. The zero-order chi connectivity index (χ0) is 16.4. The fourth-order valence-corrected chi connectivity index (χ4v) is 2.51. The standard InChI is InChI=1S/C18H14ClNO3/c1-11-6-8-12(9-7-11)20-17-13-4-2-3-5-15(13)23-18(22)16(17)14(21)10-19/h2-9,20H,10H2,1H3. The molecule has 116 valence electrons. The average Bonchev–Trinajstić information content (AvgIpc) is 2.56. The number of Topliss-reactive ketones (excluding diaryl/α,β-unsaturated/α-hetero) is 1. The quantitative estimate of drug-likeness (QED) is 0.442. The number of nitrogens with one attached hydrogen (secondary N) is 1. The number of rotatable bonds is 4. The monoisotopic (exact) mass is 327 g/mol. The van der Waals surface area contributed by atoms with E-state index in [9.17, 15) is 9.59 Å². The van der Waals surface area contributed by atoms with Crippen molar-refractivity contribution in [2.45, 2.75) is 6.92 Å². The molecule has 5 heteroatoms. The van der Waals surface area contributed by atoms with E-state index in [0.717, 1.165) is 11.3 Å². The van der Waals surface area contributed by atoms with Crippen LogP contribution in [0.15, 0.2) is 57.7 Å². The first-order chi connectivity index (χ1) is 11.1. The van der Waals surface area contributed by atoms with Crippen LogP contribution in [0.5, 0.6) is 0 Å². The number of ketones is 1. The van der Waals surface area contributed by atoms with Crippen LogP contribution in [0.3, 0.4) is 0 Å². The maximum absolute atomic E-state index is 12.2. The zero-order valence-corrected chi connectivity index (χ0v) is 13.2. The molecular formula is C18H14ClNO3. The van der Waals surface area contributed by atoms with Gasteiger partial charge in [-0.1, -0.05) is 29.8 Å². The van der Waals surface area contributed by atoms with Gasteiger partial charge in [0.2, 0.25) is 0 Å². The Bertz CT molecular complexity index is 929. The van der Waals surface area contributed by atoms with Crippen molar-refractivity contribution in [1.82, 2.24) is 0 Å². The first-order valence-electron chi connectivity index (χ1n) is 7.09. The van der Waals surface area contributed by atoms with Crippen molar-refractivity contribution < 1.29 is 9.21 Å². The van der Waals surface area contributed by atoms with Crippen molar-refractivity contribution in [3.63, 3.8) is 0 Å². The number of benzene rings is 2. The van der Waals surface area contributed by atoms with Gasteiger partial charge in [0.15, 0.2) is 5.78 Å². The summed E-state index contributed by atoms with van der Waals surface area (Å²) in [5, 5.41) is 3.81. The highest BCUT2D eigenvalue weighted by Gasteiger charge is 2.20. The Morgan fingerprint density at radius 2 is 1.83 bits per heavy atom. The summed E-state index contributed by atoms with van der Waals surface area (Å²) in [6.07, 6.45) is 0. The van der Waals surface area contributed by atoms with Crippen molar-refractivity contribution in [2.75, 3.05) is 11.2 Å². The molecule has 0 aliphatic heterocycles. The van der Waals surface area contributed by atoms with E-state index in [1.165, 1.54) is 0 Å². The lowest BCUT2D eigenvalue weighted by Gasteiger charge is -2.13. The number of aryl methyl sites for hydroxylation is 1. The van der Waals surface area contributed by atoms with Gasteiger partial charge in [0, 0.05) is 11.1 Å². The lowest BCUT2D eigenvalue weighted by molar-refractivity contribution is 0.101. The van der Waals surface area contributed by atoms with Crippen LogP contribution < -0.4 is 10.9 Å². The molecule has 0 atom stereocenters. The van der Waals surface area contributed by atoms with Crippen LogP contribution in [0.2, 0.25) is 0 Å². The third-order valence-corrected chi connectivity index (χ3v) is 3.78. The van der Waals surface area contributed by atoms with E-state index in [0.29, 0.717) is 16.7 Å². The molecule has 0 amide bonds. The van der Waals surface area contributed by atoms with E-state index in [4.69, 9.17) is 16.0 Å². The molecule has 0 bridgehead atoms. The van der Waals surface area contributed by atoms with Gasteiger partial charge in [-0.05, 0) is 31.2 Å². The van der Waals surface area contributed by atoms with Gasteiger partial charge < -0.3 is 9.73 Å². The van der Waals surface area contributed by atoms with Crippen LogP contribution in [0.4, 0.5) is 11.4 Å².